The van der Waals surface area contributed by atoms with Gasteiger partial charge in [-0.05, 0) is 0 Å². The molecule has 6 heteroatoms. The van der Waals surface area contributed by atoms with Crippen LogP contribution in [0.25, 0.3) is 0 Å². The van der Waals surface area contributed by atoms with Gasteiger partial charge in [-0.1, -0.05) is 0 Å². The first-order chi connectivity index (χ1) is 7.72. The lowest BCUT2D eigenvalue weighted by Gasteiger charge is -2.13. The number of carbonyl (C=O) groups is 2. The van der Waals surface area contributed by atoms with Crippen molar-refractivity contribution >= 4 is 22.8 Å². The lowest BCUT2D eigenvalue weighted by Crippen LogP contribution is -2.32. The Morgan fingerprint density at radius 1 is 1.25 bits per heavy atom. The highest BCUT2D eigenvalue weighted by Crippen LogP contribution is 2.04. The number of carbonyl (C=O) groups excluding carboxylic acids is 2. The third kappa shape index (κ3) is 5.37. The summed E-state index contributed by atoms with van der Waals surface area (Å²) >= 11 is 0. The standard InChI is InChI=1S/C10H17O5S/c1-13-9(11)2-3-15-10(12)8-16-6-4-14-5-7-16/h2-8H2,1H3/q+1. The summed E-state index contributed by atoms with van der Waals surface area (Å²) in [6.07, 6.45) is 0.124. The van der Waals surface area contributed by atoms with Crippen LogP contribution in [-0.4, -0.2) is 56.1 Å². The minimum atomic E-state index is -0.360. The number of esters is 2. The molecule has 0 spiro atoms. The molecule has 1 fully saturated rings. The molecule has 1 aliphatic rings. The molecule has 0 bridgehead atoms. The Bertz CT molecular complexity index is 237. The van der Waals surface area contributed by atoms with Gasteiger partial charge in [0, 0.05) is 10.9 Å². The van der Waals surface area contributed by atoms with Gasteiger partial charge in [-0.3, -0.25) is 4.79 Å². The third-order valence-corrected chi connectivity index (χ3v) is 4.28. The van der Waals surface area contributed by atoms with Crippen molar-refractivity contribution in [3.8, 4) is 0 Å². The van der Waals surface area contributed by atoms with Crippen molar-refractivity contribution in [1.82, 2.24) is 0 Å². The number of ether oxygens (including phenoxy) is 3. The van der Waals surface area contributed by atoms with Gasteiger partial charge in [0.05, 0.1) is 26.7 Å². The summed E-state index contributed by atoms with van der Waals surface area (Å²) < 4.78 is 14.6. The van der Waals surface area contributed by atoms with Crippen LogP contribution in [0.1, 0.15) is 6.42 Å². The normalized spacial score (nSPS) is 16.8. The topological polar surface area (TPSA) is 61.8 Å². The summed E-state index contributed by atoms with van der Waals surface area (Å²) in [6.45, 7) is 1.58. The van der Waals surface area contributed by atoms with Gasteiger partial charge in [0.1, 0.15) is 18.1 Å². The van der Waals surface area contributed by atoms with E-state index in [1.54, 1.807) is 0 Å². The van der Waals surface area contributed by atoms with E-state index in [1.807, 2.05) is 0 Å². The average molecular weight is 249 g/mol. The maximum Gasteiger partial charge on any atom is 0.356 e. The monoisotopic (exact) mass is 249 g/mol. The Balaban J connectivity index is 2.08. The van der Waals surface area contributed by atoms with Crippen LogP contribution in [0.3, 0.4) is 0 Å². The van der Waals surface area contributed by atoms with Crippen molar-refractivity contribution in [1.29, 1.82) is 0 Å². The quantitative estimate of drug-likeness (QED) is 0.496. The molecule has 0 atom stereocenters. The van der Waals surface area contributed by atoms with Crippen molar-refractivity contribution in [2.24, 2.45) is 0 Å². The molecular weight excluding hydrogens is 232 g/mol. The SMILES string of the molecule is COC(=O)CCOC(=O)C[S+]1CCOCC1. The number of rotatable bonds is 5. The third-order valence-electron chi connectivity index (χ3n) is 2.15. The molecular formula is C10H17O5S+. The zero-order valence-electron chi connectivity index (χ0n) is 9.40. The molecule has 1 rings (SSSR count). The summed E-state index contributed by atoms with van der Waals surface area (Å²) in [6, 6.07) is 0. The molecule has 0 amide bonds. The van der Waals surface area contributed by atoms with Crippen molar-refractivity contribution in [3.05, 3.63) is 0 Å². The largest absolute Gasteiger partial charge is 0.469 e. The van der Waals surface area contributed by atoms with Crippen LogP contribution in [0.5, 0.6) is 0 Å². The molecule has 0 N–H and O–H groups in total. The van der Waals surface area contributed by atoms with E-state index in [0.717, 1.165) is 24.7 Å². The summed E-state index contributed by atoms with van der Waals surface area (Å²) in [7, 11) is 1.41. The van der Waals surface area contributed by atoms with E-state index in [4.69, 9.17) is 9.47 Å². The second-order valence-electron chi connectivity index (χ2n) is 3.32. The van der Waals surface area contributed by atoms with Crippen LogP contribution >= 0.6 is 0 Å². The molecule has 0 aromatic heterocycles. The Morgan fingerprint density at radius 3 is 2.56 bits per heavy atom. The lowest BCUT2D eigenvalue weighted by atomic mass is 10.5. The molecule has 0 radical (unpaired) electrons. The van der Waals surface area contributed by atoms with Crippen molar-refractivity contribution in [2.75, 3.05) is 44.2 Å². The lowest BCUT2D eigenvalue weighted by molar-refractivity contribution is -0.146. The minimum Gasteiger partial charge on any atom is -0.469 e. The molecule has 16 heavy (non-hydrogen) atoms. The van der Waals surface area contributed by atoms with Gasteiger partial charge in [0.25, 0.3) is 0 Å². The molecule has 0 aromatic rings. The van der Waals surface area contributed by atoms with Crippen LogP contribution in [0, 0.1) is 0 Å². The maximum absolute atomic E-state index is 11.4. The van der Waals surface area contributed by atoms with Gasteiger partial charge in [0.2, 0.25) is 5.75 Å². The molecule has 92 valence electrons. The Kier molecular flexibility index (Phi) is 6.25. The highest BCUT2D eigenvalue weighted by atomic mass is 32.2. The first-order valence-electron chi connectivity index (χ1n) is 5.16. The van der Waals surface area contributed by atoms with E-state index < -0.39 is 0 Å². The molecule has 1 saturated heterocycles. The smallest absolute Gasteiger partial charge is 0.356 e. The van der Waals surface area contributed by atoms with Gasteiger partial charge in [-0.2, -0.15) is 0 Å². The molecule has 0 aromatic carbocycles. The van der Waals surface area contributed by atoms with Gasteiger partial charge >= 0.3 is 11.9 Å². The number of hydrogen-bond donors (Lipinski definition) is 0. The average Bonchev–Trinajstić information content (AvgIpc) is 2.30. The first-order valence-corrected chi connectivity index (χ1v) is 6.90. The summed E-state index contributed by atoms with van der Waals surface area (Å²) in [5, 5.41) is 0. The molecule has 0 unspecified atom stereocenters. The fraction of sp³-hybridized carbons (Fsp3) is 0.800. The molecule has 0 aliphatic carbocycles. The summed E-state index contributed by atoms with van der Waals surface area (Å²) in [5.41, 5.74) is 0. The van der Waals surface area contributed by atoms with E-state index in [1.165, 1.54) is 7.11 Å². The highest BCUT2D eigenvalue weighted by Gasteiger charge is 2.26. The first kappa shape index (κ1) is 13.3. The second-order valence-corrected chi connectivity index (χ2v) is 5.65. The highest BCUT2D eigenvalue weighted by molar-refractivity contribution is 7.97. The molecule has 1 aliphatic heterocycles. The van der Waals surface area contributed by atoms with Gasteiger partial charge in [-0.15, -0.1) is 0 Å². The second kappa shape index (κ2) is 7.51. The Morgan fingerprint density at radius 2 is 1.94 bits per heavy atom. The maximum atomic E-state index is 11.4. The minimum absolute atomic E-state index is 0.0936. The van der Waals surface area contributed by atoms with Crippen molar-refractivity contribution < 1.29 is 23.8 Å². The van der Waals surface area contributed by atoms with E-state index in [-0.39, 0.29) is 35.9 Å². The fourth-order valence-electron chi connectivity index (χ4n) is 1.26. The van der Waals surface area contributed by atoms with Crippen LogP contribution in [0.15, 0.2) is 0 Å². The number of hydrogen-bond acceptors (Lipinski definition) is 5. The van der Waals surface area contributed by atoms with E-state index in [2.05, 4.69) is 4.74 Å². The number of methoxy groups -OCH3 is 1. The summed E-state index contributed by atoms with van der Waals surface area (Å²) in [4.78, 5) is 22.1. The zero-order chi connectivity index (χ0) is 11.8. The fourth-order valence-corrected chi connectivity index (χ4v) is 2.88. The predicted molar refractivity (Wildman–Crippen MR) is 60.4 cm³/mol. The Hall–Kier alpha value is -0.750. The van der Waals surface area contributed by atoms with Gasteiger partial charge in [0.15, 0.2) is 0 Å². The van der Waals surface area contributed by atoms with E-state index in [0.29, 0.717) is 5.75 Å². The van der Waals surface area contributed by atoms with Gasteiger partial charge < -0.3 is 14.2 Å². The van der Waals surface area contributed by atoms with Crippen LogP contribution in [-0.2, 0) is 34.7 Å². The summed E-state index contributed by atoms with van der Waals surface area (Å²) in [5.74, 6) is 1.73. The Labute approximate surface area is 97.8 Å². The van der Waals surface area contributed by atoms with Crippen molar-refractivity contribution in [3.63, 3.8) is 0 Å². The van der Waals surface area contributed by atoms with Crippen LogP contribution in [0.2, 0.25) is 0 Å². The van der Waals surface area contributed by atoms with E-state index >= 15 is 0 Å². The van der Waals surface area contributed by atoms with Crippen molar-refractivity contribution in [2.45, 2.75) is 6.42 Å². The predicted octanol–water partition coefficient (Wildman–Crippen LogP) is -0.259. The van der Waals surface area contributed by atoms with Crippen LogP contribution < -0.4 is 0 Å². The molecule has 1 heterocycles. The van der Waals surface area contributed by atoms with Gasteiger partial charge in [-0.25, -0.2) is 4.79 Å². The molecule has 5 nitrogen and oxygen atoms in total. The van der Waals surface area contributed by atoms with Crippen LogP contribution in [0.4, 0.5) is 0 Å². The molecule has 0 saturated carbocycles. The zero-order valence-corrected chi connectivity index (χ0v) is 10.2. The van der Waals surface area contributed by atoms with E-state index in [9.17, 15) is 9.59 Å².